The van der Waals surface area contributed by atoms with Gasteiger partial charge in [0.15, 0.2) is 0 Å². The van der Waals surface area contributed by atoms with E-state index in [2.05, 4.69) is 5.32 Å². The number of amides is 1. The molecule has 1 rings (SSSR count). The van der Waals surface area contributed by atoms with Crippen molar-refractivity contribution in [1.29, 1.82) is 0 Å². The van der Waals surface area contributed by atoms with E-state index >= 15 is 0 Å². The van der Waals surface area contributed by atoms with Crippen LogP contribution in [0.15, 0.2) is 12.1 Å². The SMILES string of the molecule is COc1cc(OC)c(CNC(CCC(N)=O)C(=O)O)c(OC)c1. The zero-order valence-electron chi connectivity index (χ0n) is 13.4. The van der Waals surface area contributed by atoms with Crippen LogP contribution in [-0.4, -0.2) is 44.4 Å². The number of nitrogens with one attached hydrogen (secondary N) is 1. The van der Waals surface area contributed by atoms with Crippen LogP contribution in [0.3, 0.4) is 0 Å². The van der Waals surface area contributed by atoms with Crippen molar-refractivity contribution in [1.82, 2.24) is 5.32 Å². The zero-order chi connectivity index (χ0) is 17.4. The highest BCUT2D eigenvalue weighted by atomic mass is 16.5. The summed E-state index contributed by atoms with van der Waals surface area (Å²) >= 11 is 0. The molecule has 0 saturated carbocycles. The van der Waals surface area contributed by atoms with E-state index < -0.39 is 17.9 Å². The quantitative estimate of drug-likeness (QED) is 0.573. The molecular weight excluding hydrogens is 304 g/mol. The summed E-state index contributed by atoms with van der Waals surface area (Å²) in [6.07, 6.45) is 0.0896. The second-order valence-electron chi connectivity index (χ2n) is 4.79. The maximum Gasteiger partial charge on any atom is 0.320 e. The molecule has 1 unspecified atom stereocenters. The average Bonchev–Trinajstić information content (AvgIpc) is 2.53. The lowest BCUT2D eigenvalue weighted by molar-refractivity contribution is -0.139. The highest BCUT2D eigenvalue weighted by Crippen LogP contribution is 2.34. The van der Waals surface area contributed by atoms with Gasteiger partial charge in [-0.2, -0.15) is 0 Å². The lowest BCUT2D eigenvalue weighted by Crippen LogP contribution is -2.37. The van der Waals surface area contributed by atoms with Gasteiger partial charge in [-0.15, -0.1) is 0 Å². The molecule has 23 heavy (non-hydrogen) atoms. The Morgan fingerprint density at radius 2 is 1.74 bits per heavy atom. The molecule has 1 aromatic carbocycles. The summed E-state index contributed by atoms with van der Waals surface area (Å²) in [5.74, 6) is -0.0261. The van der Waals surface area contributed by atoms with Gasteiger partial charge in [0, 0.05) is 25.1 Å². The van der Waals surface area contributed by atoms with Gasteiger partial charge in [-0.3, -0.25) is 14.9 Å². The van der Waals surface area contributed by atoms with Crippen LogP contribution in [-0.2, 0) is 16.1 Å². The number of primary amides is 1. The van der Waals surface area contributed by atoms with E-state index in [0.717, 1.165) is 0 Å². The van der Waals surface area contributed by atoms with E-state index in [1.165, 1.54) is 21.3 Å². The van der Waals surface area contributed by atoms with Crippen LogP contribution in [0.2, 0.25) is 0 Å². The number of benzene rings is 1. The first-order valence-electron chi connectivity index (χ1n) is 6.96. The van der Waals surface area contributed by atoms with Crippen LogP contribution < -0.4 is 25.3 Å². The minimum absolute atomic E-state index is 0.0130. The monoisotopic (exact) mass is 326 g/mol. The van der Waals surface area contributed by atoms with Gasteiger partial charge < -0.3 is 25.1 Å². The van der Waals surface area contributed by atoms with Crippen LogP contribution in [0.4, 0.5) is 0 Å². The van der Waals surface area contributed by atoms with Crippen LogP contribution >= 0.6 is 0 Å². The molecule has 0 fully saturated rings. The number of rotatable bonds is 10. The molecule has 0 heterocycles. The van der Waals surface area contributed by atoms with Gasteiger partial charge in [-0.05, 0) is 6.42 Å². The normalized spacial score (nSPS) is 11.6. The molecule has 4 N–H and O–H groups in total. The summed E-state index contributed by atoms with van der Waals surface area (Å²) < 4.78 is 15.8. The molecule has 0 aliphatic rings. The van der Waals surface area contributed by atoms with Crippen molar-refractivity contribution in [2.45, 2.75) is 25.4 Å². The second kappa shape index (κ2) is 8.84. The first-order chi connectivity index (χ1) is 10.9. The topological polar surface area (TPSA) is 120 Å². The Morgan fingerprint density at radius 3 is 2.13 bits per heavy atom. The second-order valence-corrected chi connectivity index (χ2v) is 4.79. The Balaban J connectivity index is 2.93. The summed E-state index contributed by atoms with van der Waals surface area (Å²) in [7, 11) is 4.52. The summed E-state index contributed by atoms with van der Waals surface area (Å²) in [4.78, 5) is 22.1. The average molecular weight is 326 g/mol. The van der Waals surface area contributed by atoms with Gasteiger partial charge in [0.2, 0.25) is 5.91 Å². The van der Waals surface area contributed by atoms with Gasteiger partial charge in [0.25, 0.3) is 0 Å². The fraction of sp³-hybridized carbons (Fsp3) is 0.467. The first kappa shape index (κ1) is 18.6. The lowest BCUT2D eigenvalue weighted by Gasteiger charge is -2.18. The first-order valence-corrected chi connectivity index (χ1v) is 6.96. The molecular formula is C15H22N2O6. The van der Waals surface area contributed by atoms with Crippen molar-refractivity contribution in [3.05, 3.63) is 17.7 Å². The third kappa shape index (κ3) is 5.33. The number of methoxy groups -OCH3 is 3. The molecule has 1 aromatic rings. The molecule has 0 radical (unpaired) electrons. The van der Waals surface area contributed by atoms with E-state index in [1.54, 1.807) is 12.1 Å². The third-order valence-corrected chi connectivity index (χ3v) is 3.32. The van der Waals surface area contributed by atoms with E-state index in [4.69, 9.17) is 19.9 Å². The Labute approximate surface area is 134 Å². The fourth-order valence-corrected chi connectivity index (χ4v) is 2.08. The zero-order valence-corrected chi connectivity index (χ0v) is 13.4. The van der Waals surface area contributed by atoms with E-state index in [1.807, 2.05) is 0 Å². The lowest BCUT2D eigenvalue weighted by atomic mass is 10.1. The Morgan fingerprint density at radius 1 is 1.17 bits per heavy atom. The summed E-state index contributed by atoms with van der Waals surface area (Å²) in [5.41, 5.74) is 5.71. The maximum atomic E-state index is 11.2. The number of hydrogen-bond acceptors (Lipinski definition) is 6. The summed E-state index contributed by atoms with van der Waals surface area (Å²) in [5, 5.41) is 12.1. The number of hydrogen-bond donors (Lipinski definition) is 3. The standard InChI is InChI=1S/C15H22N2O6/c1-21-9-6-12(22-2)10(13(7-9)23-3)8-17-11(15(19)20)4-5-14(16)18/h6-7,11,17H,4-5,8H2,1-3H3,(H2,16,18)(H,19,20). The molecule has 8 nitrogen and oxygen atoms in total. The number of carbonyl (C=O) groups excluding carboxylic acids is 1. The number of nitrogens with two attached hydrogens (primary N) is 1. The molecule has 0 spiro atoms. The highest BCUT2D eigenvalue weighted by Gasteiger charge is 2.20. The van der Waals surface area contributed by atoms with Crippen LogP contribution in [0.5, 0.6) is 17.2 Å². The summed E-state index contributed by atoms with van der Waals surface area (Å²) in [6, 6.07) is 2.45. The Bertz CT molecular complexity index is 536. The van der Waals surface area contributed by atoms with Gasteiger partial charge in [-0.1, -0.05) is 0 Å². The number of aliphatic carboxylic acids is 1. The van der Waals surface area contributed by atoms with Crippen molar-refractivity contribution in [3.8, 4) is 17.2 Å². The van der Waals surface area contributed by atoms with Gasteiger partial charge in [-0.25, -0.2) is 0 Å². The molecule has 0 bridgehead atoms. The van der Waals surface area contributed by atoms with Crippen LogP contribution in [0.1, 0.15) is 18.4 Å². The van der Waals surface area contributed by atoms with Crippen LogP contribution in [0.25, 0.3) is 0 Å². The third-order valence-electron chi connectivity index (χ3n) is 3.32. The largest absolute Gasteiger partial charge is 0.496 e. The van der Waals surface area contributed by atoms with Crippen molar-refractivity contribution in [3.63, 3.8) is 0 Å². The molecule has 1 amide bonds. The summed E-state index contributed by atoms with van der Waals surface area (Å²) in [6.45, 7) is 0.187. The number of carboxylic acid groups (broad SMARTS) is 1. The van der Waals surface area contributed by atoms with E-state index in [0.29, 0.717) is 22.8 Å². The minimum Gasteiger partial charge on any atom is -0.496 e. The van der Waals surface area contributed by atoms with Gasteiger partial charge >= 0.3 is 5.97 Å². The molecule has 1 atom stereocenters. The molecule has 0 aliphatic carbocycles. The molecule has 0 aliphatic heterocycles. The Hall–Kier alpha value is -2.48. The van der Waals surface area contributed by atoms with Crippen molar-refractivity contribution >= 4 is 11.9 Å². The molecule has 0 aromatic heterocycles. The predicted molar refractivity (Wildman–Crippen MR) is 82.8 cm³/mol. The van der Waals surface area contributed by atoms with Crippen molar-refractivity contribution < 1.29 is 28.9 Å². The van der Waals surface area contributed by atoms with Crippen molar-refractivity contribution in [2.75, 3.05) is 21.3 Å². The fourth-order valence-electron chi connectivity index (χ4n) is 2.08. The number of carbonyl (C=O) groups is 2. The van der Waals surface area contributed by atoms with Crippen LogP contribution in [0, 0.1) is 0 Å². The minimum atomic E-state index is -1.06. The number of ether oxygens (including phenoxy) is 3. The highest BCUT2D eigenvalue weighted by molar-refractivity contribution is 5.77. The maximum absolute atomic E-state index is 11.2. The van der Waals surface area contributed by atoms with Gasteiger partial charge in [0.05, 0.1) is 26.9 Å². The van der Waals surface area contributed by atoms with Gasteiger partial charge in [0.1, 0.15) is 23.3 Å². The molecule has 8 heteroatoms. The van der Waals surface area contributed by atoms with E-state index in [9.17, 15) is 14.7 Å². The molecule has 0 saturated heterocycles. The van der Waals surface area contributed by atoms with E-state index in [-0.39, 0.29) is 19.4 Å². The van der Waals surface area contributed by atoms with Crippen molar-refractivity contribution in [2.24, 2.45) is 5.73 Å². The number of carboxylic acids is 1. The Kier molecular flexibility index (Phi) is 7.14. The predicted octanol–water partition coefficient (Wildman–Crippen LogP) is 0.521. The smallest absolute Gasteiger partial charge is 0.320 e. The molecule has 128 valence electrons.